The topological polar surface area (TPSA) is 78.9 Å². The van der Waals surface area contributed by atoms with Crippen LogP contribution in [0.2, 0.25) is 0 Å². The Morgan fingerprint density at radius 1 is 0.286 bits per heavy atom. The lowest BCUT2D eigenvalue weighted by molar-refractivity contribution is -0.167. The first kappa shape index (κ1) is 68.4. The smallest absolute Gasteiger partial charge is 0.306 e. The molecule has 70 heavy (non-hydrogen) atoms. The van der Waals surface area contributed by atoms with Crippen molar-refractivity contribution in [2.75, 3.05) is 13.2 Å². The van der Waals surface area contributed by atoms with Crippen LogP contribution in [0.1, 0.15) is 368 Å². The molecule has 0 N–H and O–H groups in total. The Hall–Kier alpha value is -1.59. The van der Waals surface area contributed by atoms with Gasteiger partial charge in [0.2, 0.25) is 0 Å². The molecule has 0 saturated carbocycles. The molecule has 1 unspecified atom stereocenters. The van der Waals surface area contributed by atoms with E-state index in [0.29, 0.717) is 19.3 Å². The number of carbonyl (C=O) groups excluding carboxylic acids is 3. The predicted molar refractivity (Wildman–Crippen MR) is 303 cm³/mol. The van der Waals surface area contributed by atoms with E-state index in [4.69, 9.17) is 14.2 Å². The molecule has 0 aliphatic carbocycles. The molecule has 0 aromatic heterocycles. The van der Waals surface area contributed by atoms with Crippen molar-refractivity contribution >= 4 is 17.9 Å². The molecule has 0 aromatic carbocycles. The number of hydrogen-bond acceptors (Lipinski definition) is 6. The summed E-state index contributed by atoms with van der Waals surface area (Å²) in [4.78, 5) is 38.2. The van der Waals surface area contributed by atoms with E-state index in [9.17, 15) is 14.4 Å². The normalized spacial score (nSPS) is 12.3. The molecule has 2 atom stereocenters. The van der Waals surface area contributed by atoms with Crippen LogP contribution in [0.5, 0.6) is 0 Å². The highest BCUT2D eigenvalue weighted by atomic mass is 16.6. The minimum atomic E-state index is -0.762. The molecule has 0 amide bonds. The van der Waals surface area contributed by atoms with Crippen LogP contribution in [0.25, 0.3) is 0 Å². The zero-order valence-corrected chi connectivity index (χ0v) is 48.0. The standard InChI is InChI=1S/C64H124O6/c1-5-8-10-12-14-16-18-19-20-21-22-27-30-33-37-41-45-49-53-57-64(67)70-61(58-68-62(65)55-51-47-43-39-34-17-15-13-11-9-6-2)59-69-63(66)56-52-48-44-40-36-32-29-26-24-23-25-28-31-35-38-42-46-50-54-60(4)7-3/h60-61H,5-59H2,1-4H3/t60?,61-/m0/s1. The molecule has 0 spiro atoms. The number of ether oxygens (including phenoxy) is 3. The minimum absolute atomic E-state index is 0.0613. The molecule has 0 aliphatic rings. The summed E-state index contributed by atoms with van der Waals surface area (Å²) in [5.41, 5.74) is 0. The third kappa shape index (κ3) is 55.7. The van der Waals surface area contributed by atoms with Gasteiger partial charge in [0, 0.05) is 19.3 Å². The summed E-state index contributed by atoms with van der Waals surface area (Å²) in [6.07, 6.45) is 65.3. The quantitative estimate of drug-likeness (QED) is 0.0343. The average Bonchev–Trinajstić information content (AvgIpc) is 3.36. The molecule has 0 heterocycles. The second kappa shape index (κ2) is 58.3. The monoisotopic (exact) mass is 989 g/mol. The zero-order chi connectivity index (χ0) is 50.9. The van der Waals surface area contributed by atoms with E-state index in [2.05, 4.69) is 27.7 Å². The highest BCUT2D eigenvalue weighted by Crippen LogP contribution is 2.19. The lowest BCUT2D eigenvalue weighted by Gasteiger charge is -2.18. The predicted octanol–water partition coefficient (Wildman–Crippen LogP) is 21.4. The number of unbranched alkanes of at least 4 members (excludes halogenated alkanes) is 45. The summed E-state index contributed by atoms with van der Waals surface area (Å²) < 4.78 is 16.9. The summed E-state index contributed by atoms with van der Waals surface area (Å²) in [5.74, 6) is 0.0802. The largest absolute Gasteiger partial charge is 0.462 e. The fourth-order valence-electron chi connectivity index (χ4n) is 9.95. The Morgan fingerprint density at radius 2 is 0.500 bits per heavy atom. The van der Waals surface area contributed by atoms with Crippen molar-refractivity contribution in [3.05, 3.63) is 0 Å². The van der Waals surface area contributed by atoms with Crippen LogP contribution in [0.15, 0.2) is 0 Å². The number of carbonyl (C=O) groups is 3. The van der Waals surface area contributed by atoms with Crippen LogP contribution >= 0.6 is 0 Å². The van der Waals surface area contributed by atoms with Crippen molar-refractivity contribution in [1.82, 2.24) is 0 Å². The highest BCUT2D eigenvalue weighted by Gasteiger charge is 2.19. The molecule has 0 aliphatic heterocycles. The van der Waals surface area contributed by atoms with Gasteiger partial charge in [-0.1, -0.05) is 329 Å². The lowest BCUT2D eigenvalue weighted by Crippen LogP contribution is -2.30. The van der Waals surface area contributed by atoms with Crippen molar-refractivity contribution in [3.63, 3.8) is 0 Å². The molecular weight excluding hydrogens is 865 g/mol. The van der Waals surface area contributed by atoms with Crippen LogP contribution in [-0.4, -0.2) is 37.2 Å². The summed E-state index contributed by atoms with van der Waals surface area (Å²) >= 11 is 0. The molecule has 0 saturated heterocycles. The molecule has 6 nitrogen and oxygen atoms in total. The number of hydrogen-bond donors (Lipinski definition) is 0. The van der Waals surface area contributed by atoms with E-state index in [1.54, 1.807) is 0 Å². The Labute approximate surface area is 438 Å². The van der Waals surface area contributed by atoms with Crippen LogP contribution in [0.3, 0.4) is 0 Å². The molecule has 6 heteroatoms. The van der Waals surface area contributed by atoms with Gasteiger partial charge in [-0.25, -0.2) is 0 Å². The van der Waals surface area contributed by atoms with Crippen molar-refractivity contribution in [1.29, 1.82) is 0 Å². The van der Waals surface area contributed by atoms with Gasteiger partial charge in [0.15, 0.2) is 6.10 Å². The maximum Gasteiger partial charge on any atom is 0.306 e. The average molecular weight is 990 g/mol. The zero-order valence-electron chi connectivity index (χ0n) is 48.0. The first-order chi connectivity index (χ1) is 34.4. The van der Waals surface area contributed by atoms with Crippen molar-refractivity contribution in [2.45, 2.75) is 374 Å². The Balaban J connectivity index is 4.20. The number of esters is 3. The van der Waals surface area contributed by atoms with E-state index < -0.39 is 6.10 Å². The van der Waals surface area contributed by atoms with Gasteiger partial charge in [0.25, 0.3) is 0 Å². The first-order valence-electron chi connectivity index (χ1n) is 31.9. The van der Waals surface area contributed by atoms with Crippen molar-refractivity contribution in [3.8, 4) is 0 Å². The summed E-state index contributed by atoms with van der Waals surface area (Å²) in [7, 11) is 0. The number of rotatable bonds is 59. The van der Waals surface area contributed by atoms with E-state index in [0.717, 1.165) is 63.7 Å². The van der Waals surface area contributed by atoms with Gasteiger partial charge >= 0.3 is 17.9 Å². The van der Waals surface area contributed by atoms with Crippen LogP contribution in [0.4, 0.5) is 0 Å². The third-order valence-electron chi connectivity index (χ3n) is 15.2. The van der Waals surface area contributed by atoms with Gasteiger partial charge in [-0.3, -0.25) is 14.4 Å². The summed E-state index contributed by atoms with van der Waals surface area (Å²) in [5, 5.41) is 0. The fourth-order valence-corrected chi connectivity index (χ4v) is 9.95. The molecule has 416 valence electrons. The maximum atomic E-state index is 12.9. The van der Waals surface area contributed by atoms with E-state index in [-0.39, 0.29) is 31.1 Å². The maximum absolute atomic E-state index is 12.9. The highest BCUT2D eigenvalue weighted by molar-refractivity contribution is 5.71. The third-order valence-corrected chi connectivity index (χ3v) is 15.2. The molecule has 0 radical (unpaired) electrons. The van der Waals surface area contributed by atoms with Gasteiger partial charge in [0.05, 0.1) is 0 Å². The summed E-state index contributed by atoms with van der Waals surface area (Å²) in [6, 6.07) is 0. The second-order valence-electron chi connectivity index (χ2n) is 22.3. The van der Waals surface area contributed by atoms with E-state index in [1.807, 2.05) is 0 Å². The molecule has 0 bridgehead atoms. The second-order valence-corrected chi connectivity index (χ2v) is 22.3. The van der Waals surface area contributed by atoms with Gasteiger partial charge in [-0.2, -0.15) is 0 Å². The minimum Gasteiger partial charge on any atom is -0.462 e. The van der Waals surface area contributed by atoms with Crippen LogP contribution < -0.4 is 0 Å². The van der Waals surface area contributed by atoms with Gasteiger partial charge in [-0.05, 0) is 25.2 Å². The fraction of sp³-hybridized carbons (Fsp3) is 0.953. The Kier molecular flexibility index (Phi) is 57.0. The van der Waals surface area contributed by atoms with Crippen LogP contribution in [-0.2, 0) is 28.6 Å². The van der Waals surface area contributed by atoms with Crippen molar-refractivity contribution in [2.24, 2.45) is 5.92 Å². The SMILES string of the molecule is CCCCCCCCCCCCCCCCCCCCCC(=O)O[C@@H](COC(=O)CCCCCCCCCCCCC)COC(=O)CCCCCCCCCCCCCCCCCCCCC(C)CC. The summed E-state index contributed by atoms with van der Waals surface area (Å²) in [6.45, 7) is 9.12. The van der Waals surface area contributed by atoms with E-state index in [1.165, 1.54) is 263 Å². The molecule has 0 aromatic rings. The van der Waals surface area contributed by atoms with Gasteiger partial charge < -0.3 is 14.2 Å². The van der Waals surface area contributed by atoms with Gasteiger partial charge in [-0.15, -0.1) is 0 Å². The molecule has 0 fully saturated rings. The van der Waals surface area contributed by atoms with E-state index >= 15 is 0 Å². The van der Waals surface area contributed by atoms with Crippen molar-refractivity contribution < 1.29 is 28.6 Å². The Bertz CT molecular complexity index is 1060. The van der Waals surface area contributed by atoms with Crippen LogP contribution in [0, 0.1) is 5.92 Å². The first-order valence-corrected chi connectivity index (χ1v) is 31.9. The lowest BCUT2D eigenvalue weighted by atomic mass is 9.99. The molecule has 0 rings (SSSR count). The van der Waals surface area contributed by atoms with Gasteiger partial charge in [0.1, 0.15) is 13.2 Å². The molecular formula is C64H124O6. The Morgan fingerprint density at radius 3 is 0.743 bits per heavy atom.